The van der Waals surface area contributed by atoms with Gasteiger partial charge in [-0.2, -0.15) is 0 Å². The molecule has 9 nitrogen and oxygen atoms in total. The van der Waals surface area contributed by atoms with E-state index in [1.165, 1.54) is 0 Å². The Bertz CT molecular complexity index is 1240. The number of ether oxygens (including phenoxy) is 1. The number of rotatable bonds is 6. The molecule has 5 rings (SSSR count). The van der Waals surface area contributed by atoms with Crippen LogP contribution in [0.15, 0.2) is 35.2 Å². The summed E-state index contributed by atoms with van der Waals surface area (Å²) in [5.74, 6) is 1.43. The maximum atomic E-state index is 13.3. The quantitative estimate of drug-likeness (QED) is 0.599. The molecule has 3 fully saturated rings. The van der Waals surface area contributed by atoms with E-state index in [-0.39, 0.29) is 28.8 Å². The number of nitrogens with zero attached hydrogens (tertiary/aromatic N) is 4. The van der Waals surface area contributed by atoms with Gasteiger partial charge in [-0.1, -0.05) is 13.8 Å². The zero-order valence-electron chi connectivity index (χ0n) is 22.8. The summed E-state index contributed by atoms with van der Waals surface area (Å²) in [6, 6.07) is 9.04. The minimum absolute atomic E-state index is 0.0450. The molecule has 1 saturated carbocycles. The molecular formula is C28H41N5O4S. The van der Waals surface area contributed by atoms with Gasteiger partial charge in [0.25, 0.3) is 0 Å². The lowest BCUT2D eigenvalue weighted by atomic mass is 9.85. The Morgan fingerprint density at radius 2 is 1.76 bits per heavy atom. The number of anilines is 1. The lowest BCUT2D eigenvalue weighted by Gasteiger charge is -2.41. The topological polar surface area (TPSA) is 95.1 Å². The molecule has 3 aliphatic rings. The van der Waals surface area contributed by atoms with Gasteiger partial charge < -0.3 is 19.4 Å². The molecule has 2 aromatic rings. The van der Waals surface area contributed by atoms with E-state index in [0.29, 0.717) is 51.4 Å². The molecule has 2 saturated heterocycles. The highest BCUT2D eigenvalue weighted by Gasteiger charge is 2.36. The molecule has 2 aliphatic heterocycles. The first-order valence-electron chi connectivity index (χ1n) is 14.0. The summed E-state index contributed by atoms with van der Waals surface area (Å²) in [4.78, 5) is 24.9. The van der Waals surface area contributed by atoms with Crippen molar-refractivity contribution in [2.45, 2.75) is 56.5 Å². The number of sulfonamides is 1. The van der Waals surface area contributed by atoms with Gasteiger partial charge in [0.1, 0.15) is 5.82 Å². The monoisotopic (exact) mass is 543 g/mol. The summed E-state index contributed by atoms with van der Waals surface area (Å²) in [5, 5.41) is 0.810. The Hall–Kier alpha value is -2.27. The lowest BCUT2D eigenvalue weighted by Crippen LogP contribution is -2.53. The van der Waals surface area contributed by atoms with Gasteiger partial charge in [-0.15, -0.1) is 0 Å². The minimum Gasteiger partial charge on any atom is -0.377 e. The van der Waals surface area contributed by atoms with Gasteiger partial charge in [0, 0.05) is 50.1 Å². The van der Waals surface area contributed by atoms with Crippen LogP contribution in [0.5, 0.6) is 0 Å². The van der Waals surface area contributed by atoms with Gasteiger partial charge in [-0.05, 0) is 69.0 Å². The van der Waals surface area contributed by atoms with Crippen molar-refractivity contribution in [1.82, 2.24) is 19.5 Å². The molecule has 3 heterocycles. The first-order chi connectivity index (χ1) is 18.2. The van der Waals surface area contributed by atoms with Gasteiger partial charge in [-0.3, -0.25) is 4.79 Å². The zero-order chi connectivity index (χ0) is 26.9. The fourth-order valence-electron chi connectivity index (χ4n) is 5.90. The van der Waals surface area contributed by atoms with Gasteiger partial charge in [0.15, 0.2) is 0 Å². The number of carbonyl (C=O) groups excluding carboxylic acids is 1. The maximum absolute atomic E-state index is 13.3. The Morgan fingerprint density at radius 3 is 2.47 bits per heavy atom. The van der Waals surface area contributed by atoms with Crippen molar-refractivity contribution in [3.63, 3.8) is 0 Å². The Balaban J connectivity index is 1.20. The van der Waals surface area contributed by atoms with E-state index in [2.05, 4.69) is 35.4 Å². The van der Waals surface area contributed by atoms with E-state index >= 15 is 0 Å². The minimum atomic E-state index is -3.67. The third kappa shape index (κ3) is 5.98. The van der Waals surface area contributed by atoms with Gasteiger partial charge in [0.05, 0.1) is 29.7 Å². The average Bonchev–Trinajstić information content (AvgIpc) is 2.92. The highest BCUT2D eigenvalue weighted by Crippen LogP contribution is 2.30. The molecule has 38 heavy (non-hydrogen) atoms. The number of amides is 1. The maximum Gasteiger partial charge on any atom is 0.240 e. The molecule has 1 aromatic carbocycles. The predicted molar refractivity (Wildman–Crippen MR) is 149 cm³/mol. The summed E-state index contributed by atoms with van der Waals surface area (Å²) in [7, 11) is -1.55. The van der Waals surface area contributed by atoms with Crippen molar-refractivity contribution in [3.8, 4) is 0 Å². The second kappa shape index (κ2) is 11.5. The number of hydrogen-bond acceptors (Lipinski definition) is 7. The Kier molecular flexibility index (Phi) is 8.23. The van der Waals surface area contributed by atoms with E-state index in [1.54, 1.807) is 18.2 Å². The van der Waals surface area contributed by atoms with Crippen molar-refractivity contribution in [2.75, 3.05) is 57.9 Å². The number of pyridine rings is 1. The van der Waals surface area contributed by atoms with Crippen LogP contribution in [0, 0.1) is 11.8 Å². The first kappa shape index (κ1) is 27.3. The number of carbonyl (C=O) groups is 1. The zero-order valence-corrected chi connectivity index (χ0v) is 23.6. The Morgan fingerprint density at radius 1 is 1.03 bits per heavy atom. The van der Waals surface area contributed by atoms with Crippen molar-refractivity contribution in [1.29, 1.82) is 0 Å². The summed E-state index contributed by atoms with van der Waals surface area (Å²) in [6.07, 6.45) is 2.72. The van der Waals surface area contributed by atoms with Gasteiger partial charge in [0.2, 0.25) is 15.9 Å². The normalized spacial score (nSPS) is 25.7. The molecule has 1 aromatic heterocycles. The van der Waals surface area contributed by atoms with Crippen LogP contribution in [0.3, 0.4) is 0 Å². The van der Waals surface area contributed by atoms with Crippen molar-refractivity contribution in [2.24, 2.45) is 11.8 Å². The summed E-state index contributed by atoms with van der Waals surface area (Å²) in [5.41, 5.74) is 0.794. The van der Waals surface area contributed by atoms with E-state index in [0.717, 1.165) is 42.9 Å². The molecule has 1 N–H and O–H groups in total. The first-order valence-corrected chi connectivity index (χ1v) is 15.4. The van der Waals surface area contributed by atoms with Crippen LogP contribution in [0.1, 0.15) is 39.5 Å². The van der Waals surface area contributed by atoms with Gasteiger partial charge in [-0.25, -0.2) is 18.1 Å². The molecule has 0 bridgehead atoms. The summed E-state index contributed by atoms with van der Waals surface area (Å²) in [6.45, 7) is 9.95. The van der Waals surface area contributed by atoms with E-state index in [9.17, 15) is 13.2 Å². The van der Waals surface area contributed by atoms with E-state index in [4.69, 9.17) is 9.72 Å². The SMILES string of the molecule is CC(C)C1COCCN1C(=O)C1CCC(NS(=O)(=O)c2ccc3nc(N4CCN(C)CC4)ccc3c2)CC1. The van der Waals surface area contributed by atoms with Crippen LogP contribution in [0.25, 0.3) is 10.9 Å². The van der Waals surface area contributed by atoms with Crippen molar-refractivity contribution in [3.05, 3.63) is 30.3 Å². The van der Waals surface area contributed by atoms with Crippen LogP contribution in [0.4, 0.5) is 5.82 Å². The number of nitrogens with one attached hydrogen (secondary N) is 1. The number of likely N-dealkylation sites (N-methyl/N-ethyl adjacent to an activating group) is 1. The summed E-state index contributed by atoms with van der Waals surface area (Å²) >= 11 is 0. The largest absolute Gasteiger partial charge is 0.377 e. The molecule has 10 heteroatoms. The molecule has 1 aliphatic carbocycles. The third-order valence-corrected chi connectivity index (χ3v) is 9.92. The number of piperazine rings is 1. The smallest absolute Gasteiger partial charge is 0.240 e. The molecule has 208 valence electrons. The average molecular weight is 544 g/mol. The van der Waals surface area contributed by atoms with Crippen molar-refractivity contribution < 1.29 is 17.9 Å². The van der Waals surface area contributed by atoms with Gasteiger partial charge >= 0.3 is 0 Å². The second-order valence-corrected chi connectivity index (χ2v) is 13.1. The summed E-state index contributed by atoms with van der Waals surface area (Å²) < 4.78 is 35.0. The number of benzene rings is 1. The molecule has 0 radical (unpaired) electrons. The number of aromatic nitrogens is 1. The number of hydrogen-bond donors (Lipinski definition) is 1. The molecule has 0 spiro atoms. The van der Waals surface area contributed by atoms with E-state index < -0.39 is 10.0 Å². The van der Waals surface area contributed by atoms with E-state index in [1.807, 2.05) is 17.0 Å². The van der Waals surface area contributed by atoms with Crippen molar-refractivity contribution >= 4 is 32.7 Å². The molecule has 1 atom stereocenters. The van der Waals surface area contributed by atoms with Crippen LogP contribution in [-0.4, -0.2) is 94.2 Å². The van der Waals surface area contributed by atoms with Crippen LogP contribution < -0.4 is 9.62 Å². The number of fused-ring (bicyclic) bond motifs is 1. The molecular weight excluding hydrogens is 502 g/mol. The fraction of sp³-hybridized carbons (Fsp3) is 0.643. The standard InChI is InChI=1S/C28H41N5O4S/c1-20(2)26-19-37-17-16-33(26)28(34)21-4-7-23(8-5-21)30-38(35,36)24-9-10-25-22(18-24)6-11-27(29-25)32-14-12-31(3)13-15-32/h6,9-11,18,20-21,23,26,30H,4-5,7-8,12-17,19H2,1-3H3. The second-order valence-electron chi connectivity index (χ2n) is 11.4. The van der Waals surface area contributed by atoms with Crippen LogP contribution in [0.2, 0.25) is 0 Å². The predicted octanol–water partition coefficient (Wildman–Crippen LogP) is 2.71. The fourth-order valence-corrected chi connectivity index (χ4v) is 7.24. The Labute approximate surface area is 226 Å². The highest BCUT2D eigenvalue weighted by molar-refractivity contribution is 7.89. The highest BCUT2D eigenvalue weighted by atomic mass is 32.2. The third-order valence-electron chi connectivity index (χ3n) is 8.40. The molecule has 1 amide bonds. The number of morpholine rings is 1. The lowest BCUT2D eigenvalue weighted by molar-refractivity contribution is -0.147. The molecule has 1 unspecified atom stereocenters. The van der Waals surface area contributed by atoms with Crippen LogP contribution >= 0.6 is 0 Å². The van der Waals surface area contributed by atoms with Crippen LogP contribution in [-0.2, 0) is 19.6 Å².